The molecule has 1 aliphatic rings. The summed E-state index contributed by atoms with van der Waals surface area (Å²) >= 11 is 11.9. The number of halogens is 2. The first-order chi connectivity index (χ1) is 21.8. The lowest BCUT2D eigenvalue weighted by molar-refractivity contribution is -0.402. The molecule has 0 spiro atoms. The van der Waals surface area contributed by atoms with Crippen molar-refractivity contribution < 1.29 is 28.9 Å². The molecule has 244 valence electrons. The van der Waals surface area contributed by atoms with Crippen LogP contribution in [-0.2, 0) is 11.2 Å². The molecule has 0 saturated carbocycles. The van der Waals surface area contributed by atoms with E-state index in [9.17, 15) is 29.7 Å². The number of nitrogens with one attached hydrogen (secondary N) is 2. The number of carbonyl (C=O) groups excluding carboxylic acids is 3. The van der Waals surface area contributed by atoms with Gasteiger partial charge in [-0.05, 0) is 80.9 Å². The Morgan fingerprint density at radius 2 is 1.74 bits per heavy atom. The topological polar surface area (TPSA) is 174 Å². The van der Waals surface area contributed by atoms with Crippen molar-refractivity contribution in [3.05, 3.63) is 99.2 Å². The van der Waals surface area contributed by atoms with Gasteiger partial charge in [-0.1, -0.05) is 36.7 Å². The minimum Gasteiger partial charge on any atom is -0.406 e. The normalized spacial score (nSPS) is 15.3. The fourth-order valence-electron chi connectivity index (χ4n) is 4.48. The molecule has 5 amide bonds. The molecule has 14 nitrogen and oxygen atoms in total. The zero-order chi connectivity index (χ0) is 34.0. The first kappa shape index (κ1) is 35.6. The van der Waals surface area contributed by atoms with Crippen LogP contribution in [0.5, 0.6) is 0 Å². The third kappa shape index (κ3) is 8.84. The number of furan rings is 1. The molecule has 2 aromatic carbocycles. The summed E-state index contributed by atoms with van der Waals surface area (Å²) in [6.45, 7) is 8.34. The largest absolute Gasteiger partial charge is 0.433 e. The van der Waals surface area contributed by atoms with Crippen molar-refractivity contribution in [2.24, 2.45) is 5.10 Å². The average molecular weight is 675 g/mol. The van der Waals surface area contributed by atoms with Crippen LogP contribution in [0.1, 0.15) is 33.0 Å². The van der Waals surface area contributed by atoms with Crippen molar-refractivity contribution >= 4 is 64.6 Å². The van der Waals surface area contributed by atoms with Crippen LogP contribution in [0.25, 0.3) is 0 Å². The first-order valence-corrected chi connectivity index (χ1v) is 14.6. The number of amides is 5. The van der Waals surface area contributed by atoms with E-state index < -0.39 is 34.6 Å². The van der Waals surface area contributed by atoms with Crippen molar-refractivity contribution in [1.82, 2.24) is 15.4 Å². The van der Waals surface area contributed by atoms with Crippen LogP contribution >= 0.6 is 23.2 Å². The zero-order valence-corrected chi connectivity index (χ0v) is 26.7. The lowest BCUT2D eigenvalue weighted by atomic mass is 9.99. The maximum atomic E-state index is 13.5. The van der Waals surface area contributed by atoms with Gasteiger partial charge in [0.2, 0.25) is 0 Å². The highest BCUT2D eigenvalue weighted by molar-refractivity contribution is 6.31. The van der Waals surface area contributed by atoms with Gasteiger partial charge in [-0.15, -0.1) is 0 Å². The van der Waals surface area contributed by atoms with Gasteiger partial charge in [-0.2, -0.15) is 10.2 Å². The fourth-order valence-corrected chi connectivity index (χ4v) is 4.73. The molecule has 1 saturated heterocycles. The van der Waals surface area contributed by atoms with E-state index in [4.69, 9.17) is 27.6 Å². The van der Waals surface area contributed by atoms with Crippen LogP contribution in [-0.4, -0.2) is 62.5 Å². The Hall–Kier alpha value is -4.92. The summed E-state index contributed by atoms with van der Waals surface area (Å²) in [6, 6.07) is 14.1. The third-order valence-corrected chi connectivity index (χ3v) is 7.15. The molecule has 16 heteroatoms. The number of rotatable bonds is 10. The second kappa shape index (κ2) is 15.9. The van der Waals surface area contributed by atoms with Crippen LogP contribution in [0.4, 0.5) is 26.8 Å². The molecule has 1 aliphatic heterocycles. The number of nitrogens with zero attached hydrogens (tertiary/aromatic N) is 5. The number of nitro groups is 1. The molecular formula is C30H33Cl2N7O7. The molecule has 46 heavy (non-hydrogen) atoms. The highest BCUT2D eigenvalue weighted by Crippen LogP contribution is 2.38. The van der Waals surface area contributed by atoms with E-state index in [1.54, 1.807) is 68.4 Å². The smallest absolute Gasteiger partial charge is 0.406 e. The first-order valence-electron chi connectivity index (χ1n) is 13.9. The summed E-state index contributed by atoms with van der Waals surface area (Å²) in [5.74, 6) is -0.0658. The molecule has 1 unspecified atom stereocenters. The Morgan fingerprint density at radius 3 is 2.28 bits per heavy atom. The number of allylic oxidation sites excluding steroid dienone is 1. The van der Waals surface area contributed by atoms with Crippen molar-refractivity contribution in [3.8, 4) is 0 Å². The summed E-state index contributed by atoms with van der Waals surface area (Å²) in [4.78, 5) is 50.9. The number of hydroxylamine groups is 2. The van der Waals surface area contributed by atoms with Gasteiger partial charge in [-0.3, -0.25) is 25.0 Å². The zero-order valence-electron chi connectivity index (χ0n) is 25.2. The highest BCUT2D eigenvalue weighted by Gasteiger charge is 2.56. The number of urea groups is 2. The van der Waals surface area contributed by atoms with Crippen molar-refractivity contribution in [1.29, 1.82) is 0 Å². The van der Waals surface area contributed by atoms with Gasteiger partial charge in [0.1, 0.15) is 17.2 Å². The number of hydrogen-bond donors (Lipinski definition) is 3. The number of hydrogen-bond acceptors (Lipinski definition) is 8. The lowest BCUT2D eigenvalue weighted by Gasteiger charge is -2.38. The van der Waals surface area contributed by atoms with Gasteiger partial charge in [0, 0.05) is 34.1 Å². The van der Waals surface area contributed by atoms with Crippen LogP contribution in [0.15, 0.2) is 82.8 Å². The second-order valence-electron chi connectivity index (χ2n) is 10.3. The van der Waals surface area contributed by atoms with E-state index in [1.807, 2.05) is 6.92 Å². The SMILES string of the molecule is C=C/C=N/NC(=O)CN1C(=O)N(c2ccc(Cl)cc2)C(N(O)C(=O)Nc2ccc(Cl)cc2)C1(C)C.CCCc1ccc([N+](=O)[O-])o1. The summed E-state index contributed by atoms with van der Waals surface area (Å²) in [5, 5.41) is 28.7. The predicted octanol–water partition coefficient (Wildman–Crippen LogP) is 6.69. The number of aryl methyl sites for hydroxylation is 1. The minimum atomic E-state index is -1.22. The molecule has 1 fully saturated rings. The van der Waals surface area contributed by atoms with E-state index >= 15 is 0 Å². The Kier molecular flexibility index (Phi) is 12.3. The monoisotopic (exact) mass is 673 g/mol. The standard InChI is InChI=1S/C23H24Cl2N6O4.C7H9NO3/c1-4-13-26-28-19(32)14-29-22(34)30(18-11-7-16(25)8-12-18)20(23(29,2)3)31(35)21(33)27-17-9-5-15(24)6-10-17;1-2-3-6-4-5-7(11-6)8(9)10/h4-13,20,35H,1,14H2,2-3H3,(H,27,33)(H,28,32);4-5H,2-3H2,1H3/b26-13+;. The summed E-state index contributed by atoms with van der Waals surface area (Å²) in [6.07, 6.45) is 3.15. The van der Waals surface area contributed by atoms with Gasteiger partial charge in [0.25, 0.3) is 5.91 Å². The summed E-state index contributed by atoms with van der Waals surface area (Å²) in [5.41, 5.74) is 1.83. The van der Waals surface area contributed by atoms with Crippen LogP contribution in [0.2, 0.25) is 10.0 Å². The predicted molar refractivity (Wildman–Crippen MR) is 174 cm³/mol. The van der Waals surface area contributed by atoms with Gasteiger partial charge in [0.15, 0.2) is 6.17 Å². The Bertz CT molecular complexity index is 1580. The van der Waals surface area contributed by atoms with E-state index in [0.29, 0.717) is 32.2 Å². The third-order valence-electron chi connectivity index (χ3n) is 6.64. The molecule has 1 aromatic heterocycles. The maximum Gasteiger partial charge on any atom is 0.433 e. The minimum absolute atomic E-state index is 0.173. The Balaban J connectivity index is 0.000000441. The van der Waals surface area contributed by atoms with Crippen molar-refractivity contribution in [2.45, 2.75) is 45.3 Å². The molecule has 0 bridgehead atoms. The second-order valence-corrected chi connectivity index (χ2v) is 11.2. The van der Waals surface area contributed by atoms with Crippen molar-refractivity contribution in [2.75, 3.05) is 16.8 Å². The molecule has 2 heterocycles. The summed E-state index contributed by atoms with van der Waals surface area (Å²) in [7, 11) is 0. The fraction of sp³-hybridized carbons (Fsp3) is 0.267. The molecule has 1 atom stereocenters. The number of anilines is 2. The summed E-state index contributed by atoms with van der Waals surface area (Å²) < 4.78 is 4.89. The van der Waals surface area contributed by atoms with Gasteiger partial charge < -0.3 is 14.6 Å². The average Bonchev–Trinajstić information content (AvgIpc) is 3.56. The number of carbonyl (C=O) groups is 3. The molecule has 0 aliphatic carbocycles. The highest BCUT2D eigenvalue weighted by atomic mass is 35.5. The molecule has 3 N–H and O–H groups in total. The van der Waals surface area contributed by atoms with E-state index in [2.05, 4.69) is 22.4 Å². The Morgan fingerprint density at radius 1 is 1.13 bits per heavy atom. The van der Waals surface area contributed by atoms with Crippen LogP contribution in [0, 0.1) is 10.1 Å². The quantitative estimate of drug-likeness (QED) is 0.0929. The van der Waals surface area contributed by atoms with Crippen molar-refractivity contribution in [3.63, 3.8) is 0 Å². The molecular weight excluding hydrogens is 641 g/mol. The van der Waals surface area contributed by atoms with Crippen LogP contribution in [0.3, 0.4) is 0 Å². The Labute approximate surface area is 274 Å². The maximum absolute atomic E-state index is 13.5. The lowest BCUT2D eigenvalue weighted by Crippen LogP contribution is -2.58. The molecule has 3 aromatic rings. The molecule has 4 rings (SSSR count). The number of benzene rings is 2. The van der Waals surface area contributed by atoms with E-state index in [0.717, 1.165) is 12.8 Å². The number of hydrazone groups is 1. The van der Waals surface area contributed by atoms with Gasteiger partial charge >= 0.3 is 17.9 Å². The van der Waals surface area contributed by atoms with Crippen LogP contribution < -0.4 is 15.6 Å². The van der Waals surface area contributed by atoms with Gasteiger partial charge in [0.05, 0.1) is 11.6 Å². The molecule has 0 radical (unpaired) electrons. The van der Waals surface area contributed by atoms with E-state index in [1.165, 1.54) is 28.2 Å². The van der Waals surface area contributed by atoms with E-state index in [-0.39, 0.29) is 12.4 Å². The van der Waals surface area contributed by atoms with Gasteiger partial charge in [-0.25, -0.2) is 15.0 Å².